The maximum atomic E-state index is 5.86. The van der Waals surface area contributed by atoms with Crippen LogP contribution < -0.4 is 5.32 Å². The van der Waals surface area contributed by atoms with Crippen LogP contribution >= 0.6 is 11.6 Å². The Balaban J connectivity index is 2.08. The fourth-order valence-electron chi connectivity index (χ4n) is 1.59. The summed E-state index contributed by atoms with van der Waals surface area (Å²) in [5.74, 6) is 1.81. The van der Waals surface area contributed by atoms with Crippen molar-refractivity contribution in [2.24, 2.45) is 0 Å². The molecule has 0 aliphatic rings. The average Bonchev–Trinajstić information content (AvgIpc) is 2.75. The largest absolute Gasteiger partial charge is 0.460 e. The van der Waals surface area contributed by atoms with Crippen molar-refractivity contribution in [1.29, 1.82) is 0 Å². The molecule has 1 aromatic carbocycles. The zero-order valence-corrected chi connectivity index (χ0v) is 11.7. The monoisotopic (exact) mass is 263 g/mol. The van der Waals surface area contributed by atoms with Gasteiger partial charge in [0.1, 0.15) is 11.5 Å². The normalized spacial score (nSPS) is 11.8. The third kappa shape index (κ3) is 3.62. The zero-order valence-electron chi connectivity index (χ0n) is 11.0. The van der Waals surface area contributed by atoms with E-state index in [1.54, 1.807) is 0 Å². The maximum absolute atomic E-state index is 5.86. The third-order valence-corrected chi connectivity index (χ3v) is 2.84. The number of nitrogens with one attached hydrogen (secondary N) is 1. The van der Waals surface area contributed by atoms with E-state index in [1.807, 2.05) is 36.4 Å². The van der Waals surface area contributed by atoms with Crippen molar-refractivity contribution in [3.8, 4) is 11.3 Å². The Hall–Kier alpha value is -1.25. The highest BCUT2D eigenvalue weighted by Crippen LogP contribution is 2.23. The Morgan fingerprint density at radius 2 is 1.72 bits per heavy atom. The van der Waals surface area contributed by atoms with E-state index >= 15 is 0 Å². The standard InChI is InChI=1S/C15H18ClNO/c1-15(2,3)17-10-13-8-9-14(18-13)11-4-6-12(16)7-5-11/h4-9,17H,10H2,1-3H3. The number of rotatable bonds is 3. The van der Waals surface area contributed by atoms with Crippen LogP contribution in [0.2, 0.25) is 5.02 Å². The van der Waals surface area contributed by atoms with Gasteiger partial charge in [0.25, 0.3) is 0 Å². The molecule has 0 amide bonds. The second-order valence-electron chi connectivity index (χ2n) is 5.38. The molecule has 0 radical (unpaired) electrons. The van der Waals surface area contributed by atoms with Gasteiger partial charge in [-0.05, 0) is 57.2 Å². The zero-order chi connectivity index (χ0) is 13.2. The van der Waals surface area contributed by atoms with Crippen molar-refractivity contribution < 1.29 is 4.42 Å². The third-order valence-electron chi connectivity index (χ3n) is 2.58. The molecule has 2 aromatic rings. The fourth-order valence-corrected chi connectivity index (χ4v) is 1.72. The highest BCUT2D eigenvalue weighted by atomic mass is 35.5. The molecular formula is C15H18ClNO. The van der Waals surface area contributed by atoms with E-state index in [1.165, 1.54) is 0 Å². The molecule has 18 heavy (non-hydrogen) atoms. The van der Waals surface area contributed by atoms with Gasteiger partial charge in [-0.15, -0.1) is 0 Å². The first-order valence-electron chi connectivity index (χ1n) is 6.04. The van der Waals surface area contributed by atoms with Gasteiger partial charge in [0.05, 0.1) is 6.54 Å². The van der Waals surface area contributed by atoms with Crippen molar-refractivity contribution in [3.63, 3.8) is 0 Å². The van der Waals surface area contributed by atoms with E-state index in [4.69, 9.17) is 16.0 Å². The summed E-state index contributed by atoms with van der Waals surface area (Å²) in [4.78, 5) is 0. The molecule has 0 aliphatic carbocycles. The Morgan fingerprint density at radius 3 is 2.33 bits per heavy atom. The van der Waals surface area contributed by atoms with Crippen molar-refractivity contribution in [2.45, 2.75) is 32.9 Å². The number of benzene rings is 1. The predicted octanol–water partition coefficient (Wildman–Crippen LogP) is 4.49. The van der Waals surface area contributed by atoms with Crippen LogP contribution in [0.4, 0.5) is 0 Å². The minimum atomic E-state index is 0.0905. The number of hydrogen-bond donors (Lipinski definition) is 1. The van der Waals surface area contributed by atoms with E-state index in [2.05, 4.69) is 26.1 Å². The molecule has 0 atom stereocenters. The van der Waals surface area contributed by atoms with Gasteiger partial charge >= 0.3 is 0 Å². The first-order valence-corrected chi connectivity index (χ1v) is 6.41. The minimum absolute atomic E-state index is 0.0905. The number of furan rings is 1. The van der Waals surface area contributed by atoms with Gasteiger partial charge in [0, 0.05) is 16.1 Å². The van der Waals surface area contributed by atoms with Crippen LogP contribution in [-0.4, -0.2) is 5.54 Å². The molecule has 2 nitrogen and oxygen atoms in total. The first-order chi connectivity index (χ1) is 8.44. The SMILES string of the molecule is CC(C)(C)NCc1ccc(-c2ccc(Cl)cc2)o1. The molecule has 1 N–H and O–H groups in total. The minimum Gasteiger partial charge on any atom is -0.460 e. The first kappa shape index (κ1) is 13.2. The summed E-state index contributed by atoms with van der Waals surface area (Å²) < 4.78 is 5.80. The van der Waals surface area contributed by atoms with Gasteiger partial charge in [0.15, 0.2) is 0 Å². The number of hydrogen-bond acceptors (Lipinski definition) is 2. The van der Waals surface area contributed by atoms with Crippen LogP contribution in [0.5, 0.6) is 0 Å². The Labute approximate surface area is 113 Å². The van der Waals surface area contributed by atoms with Gasteiger partial charge in [-0.2, -0.15) is 0 Å². The second-order valence-corrected chi connectivity index (χ2v) is 5.81. The molecule has 0 spiro atoms. The summed E-state index contributed by atoms with van der Waals surface area (Å²) in [5, 5.41) is 4.13. The quantitative estimate of drug-likeness (QED) is 0.883. The van der Waals surface area contributed by atoms with Gasteiger partial charge in [-0.25, -0.2) is 0 Å². The summed E-state index contributed by atoms with van der Waals surface area (Å²) in [6.45, 7) is 7.14. The van der Waals surface area contributed by atoms with Crippen LogP contribution in [0, 0.1) is 0 Å². The lowest BCUT2D eigenvalue weighted by molar-refractivity contribution is 0.391. The van der Waals surface area contributed by atoms with Crippen LogP contribution in [0.1, 0.15) is 26.5 Å². The molecule has 2 rings (SSSR count). The summed E-state index contributed by atoms with van der Waals surface area (Å²) in [6.07, 6.45) is 0. The van der Waals surface area contributed by atoms with Crippen LogP contribution in [-0.2, 0) is 6.54 Å². The topological polar surface area (TPSA) is 25.2 Å². The molecule has 0 saturated heterocycles. The molecule has 0 unspecified atom stereocenters. The summed E-state index contributed by atoms with van der Waals surface area (Å²) >= 11 is 5.86. The van der Waals surface area contributed by atoms with Gasteiger partial charge in [-0.1, -0.05) is 11.6 Å². The molecule has 0 bridgehead atoms. The maximum Gasteiger partial charge on any atom is 0.134 e. The molecule has 0 saturated carbocycles. The molecule has 3 heteroatoms. The van der Waals surface area contributed by atoms with Crippen molar-refractivity contribution in [1.82, 2.24) is 5.32 Å². The highest BCUT2D eigenvalue weighted by Gasteiger charge is 2.10. The summed E-state index contributed by atoms with van der Waals surface area (Å²) in [7, 11) is 0. The van der Waals surface area contributed by atoms with Crippen LogP contribution in [0.25, 0.3) is 11.3 Å². The summed E-state index contributed by atoms with van der Waals surface area (Å²) in [6, 6.07) is 11.6. The van der Waals surface area contributed by atoms with Crippen molar-refractivity contribution >= 4 is 11.6 Å². The van der Waals surface area contributed by atoms with E-state index in [9.17, 15) is 0 Å². The average molecular weight is 264 g/mol. The van der Waals surface area contributed by atoms with E-state index in [0.29, 0.717) is 0 Å². The fraction of sp³-hybridized carbons (Fsp3) is 0.333. The Kier molecular flexibility index (Phi) is 3.79. The number of halogens is 1. The summed E-state index contributed by atoms with van der Waals surface area (Å²) in [5.41, 5.74) is 1.13. The molecule has 0 aliphatic heterocycles. The van der Waals surface area contributed by atoms with Gasteiger partial charge < -0.3 is 9.73 Å². The second kappa shape index (κ2) is 5.17. The van der Waals surface area contributed by atoms with Crippen LogP contribution in [0.3, 0.4) is 0 Å². The van der Waals surface area contributed by atoms with Crippen molar-refractivity contribution in [3.05, 3.63) is 47.2 Å². The van der Waals surface area contributed by atoms with E-state index in [0.717, 1.165) is 28.7 Å². The molecule has 1 heterocycles. The molecule has 96 valence electrons. The lowest BCUT2D eigenvalue weighted by Crippen LogP contribution is -2.34. The molecular weight excluding hydrogens is 246 g/mol. The van der Waals surface area contributed by atoms with Gasteiger partial charge in [-0.3, -0.25) is 0 Å². The van der Waals surface area contributed by atoms with E-state index < -0.39 is 0 Å². The molecule has 1 aromatic heterocycles. The Morgan fingerprint density at radius 1 is 1.06 bits per heavy atom. The van der Waals surface area contributed by atoms with Gasteiger partial charge in [0.2, 0.25) is 0 Å². The van der Waals surface area contributed by atoms with Crippen molar-refractivity contribution in [2.75, 3.05) is 0 Å². The Bertz CT molecular complexity index is 508. The van der Waals surface area contributed by atoms with E-state index in [-0.39, 0.29) is 5.54 Å². The smallest absolute Gasteiger partial charge is 0.134 e. The highest BCUT2D eigenvalue weighted by molar-refractivity contribution is 6.30. The lowest BCUT2D eigenvalue weighted by atomic mass is 10.1. The lowest BCUT2D eigenvalue weighted by Gasteiger charge is -2.19. The predicted molar refractivity (Wildman–Crippen MR) is 75.7 cm³/mol. The van der Waals surface area contributed by atoms with Crippen LogP contribution in [0.15, 0.2) is 40.8 Å². The molecule has 0 fully saturated rings.